The van der Waals surface area contributed by atoms with Gasteiger partial charge in [-0.05, 0) is 45.0 Å². The molecule has 5 nitrogen and oxygen atoms in total. The Morgan fingerprint density at radius 3 is 2.56 bits per heavy atom. The lowest BCUT2D eigenvalue weighted by Crippen LogP contribution is -2.20. The molecule has 0 spiro atoms. The van der Waals surface area contributed by atoms with Gasteiger partial charge < -0.3 is 4.57 Å². The first-order chi connectivity index (χ1) is 12.1. The van der Waals surface area contributed by atoms with Gasteiger partial charge in [-0.15, -0.1) is 0 Å². The summed E-state index contributed by atoms with van der Waals surface area (Å²) < 4.78 is 2.06. The number of para-hydroxylation sites is 1. The molecular weight excluding hydrogens is 312 g/mol. The van der Waals surface area contributed by atoms with Gasteiger partial charge in [0, 0.05) is 35.0 Å². The molecular formula is C20H20N4O. The van der Waals surface area contributed by atoms with Gasteiger partial charge in [-0.25, -0.2) is 5.43 Å². The van der Waals surface area contributed by atoms with Gasteiger partial charge in [0.1, 0.15) is 0 Å². The van der Waals surface area contributed by atoms with Crippen molar-refractivity contribution in [1.82, 2.24) is 15.0 Å². The van der Waals surface area contributed by atoms with E-state index in [1.165, 1.54) is 0 Å². The monoisotopic (exact) mass is 332 g/mol. The third-order valence-corrected chi connectivity index (χ3v) is 4.09. The van der Waals surface area contributed by atoms with Crippen LogP contribution in [0, 0.1) is 13.8 Å². The molecule has 0 saturated carbocycles. The second kappa shape index (κ2) is 7.13. The Bertz CT molecular complexity index is 912. The SMILES string of the molecule is CC(=NNC(=O)c1cc(C)n(-c2ccccc2)c1C)c1cccnc1. The van der Waals surface area contributed by atoms with Crippen molar-refractivity contribution < 1.29 is 4.79 Å². The van der Waals surface area contributed by atoms with Gasteiger partial charge in [-0.3, -0.25) is 9.78 Å². The van der Waals surface area contributed by atoms with Crippen LogP contribution in [-0.2, 0) is 0 Å². The molecule has 0 saturated heterocycles. The van der Waals surface area contributed by atoms with E-state index >= 15 is 0 Å². The Labute approximate surface area is 147 Å². The number of benzene rings is 1. The molecule has 1 N–H and O–H groups in total. The standard InChI is InChI=1S/C20H20N4O/c1-14-12-19(16(3)24(14)18-9-5-4-6-10-18)20(25)23-22-15(2)17-8-7-11-21-13-17/h4-13H,1-3H3,(H,23,25). The summed E-state index contributed by atoms with van der Waals surface area (Å²) in [5.74, 6) is -0.224. The Hall–Kier alpha value is -3.21. The molecule has 3 rings (SSSR count). The van der Waals surface area contributed by atoms with Crippen LogP contribution in [0.25, 0.3) is 5.69 Å². The lowest BCUT2D eigenvalue weighted by atomic mass is 10.2. The summed E-state index contributed by atoms with van der Waals surface area (Å²) in [5, 5.41) is 4.19. The number of amides is 1. The number of aromatic nitrogens is 2. The quantitative estimate of drug-likeness (QED) is 0.586. The number of nitrogens with one attached hydrogen (secondary N) is 1. The molecule has 25 heavy (non-hydrogen) atoms. The highest BCUT2D eigenvalue weighted by Crippen LogP contribution is 2.20. The molecule has 0 aliphatic rings. The van der Waals surface area contributed by atoms with Gasteiger partial charge in [-0.2, -0.15) is 5.10 Å². The lowest BCUT2D eigenvalue weighted by Gasteiger charge is -2.09. The van der Waals surface area contributed by atoms with Crippen LogP contribution < -0.4 is 5.43 Å². The summed E-state index contributed by atoms with van der Waals surface area (Å²) in [6, 6.07) is 15.6. The van der Waals surface area contributed by atoms with Crippen LogP contribution in [0.3, 0.4) is 0 Å². The number of nitrogens with zero attached hydrogens (tertiary/aromatic N) is 3. The highest BCUT2D eigenvalue weighted by molar-refractivity contribution is 6.01. The molecule has 0 radical (unpaired) electrons. The number of carbonyl (C=O) groups is 1. The molecule has 5 heteroatoms. The zero-order valence-corrected chi connectivity index (χ0v) is 14.5. The highest BCUT2D eigenvalue weighted by atomic mass is 16.2. The largest absolute Gasteiger partial charge is 0.318 e. The van der Waals surface area contributed by atoms with Crippen LogP contribution in [0.15, 0.2) is 66.0 Å². The van der Waals surface area contributed by atoms with E-state index in [9.17, 15) is 4.79 Å². The molecule has 1 aromatic carbocycles. The van der Waals surface area contributed by atoms with E-state index < -0.39 is 0 Å². The van der Waals surface area contributed by atoms with Crippen molar-refractivity contribution in [1.29, 1.82) is 0 Å². The lowest BCUT2D eigenvalue weighted by molar-refractivity contribution is 0.0954. The molecule has 126 valence electrons. The molecule has 0 atom stereocenters. The van der Waals surface area contributed by atoms with E-state index in [1.807, 2.05) is 69.3 Å². The number of hydrogen-bond acceptors (Lipinski definition) is 3. The fourth-order valence-corrected chi connectivity index (χ4v) is 2.80. The number of carbonyl (C=O) groups excluding carboxylic acids is 1. The molecule has 0 fully saturated rings. The molecule has 0 unspecified atom stereocenters. The second-order valence-electron chi connectivity index (χ2n) is 5.84. The fraction of sp³-hybridized carbons (Fsp3) is 0.150. The maximum atomic E-state index is 12.6. The average Bonchev–Trinajstić information content (AvgIpc) is 2.95. The second-order valence-corrected chi connectivity index (χ2v) is 5.84. The molecule has 1 amide bonds. The molecule has 0 aliphatic heterocycles. The molecule has 3 aromatic rings. The first kappa shape index (κ1) is 16.6. The first-order valence-corrected chi connectivity index (χ1v) is 8.07. The molecule has 2 aromatic heterocycles. The van der Waals surface area contributed by atoms with E-state index in [2.05, 4.69) is 20.1 Å². The minimum absolute atomic E-state index is 0.224. The third-order valence-electron chi connectivity index (χ3n) is 4.09. The summed E-state index contributed by atoms with van der Waals surface area (Å²) >= 11 is 0. The number of aryl methyl sites for hydroxylation is 1. The van der Waals surface area contributed by atoms with Gasteiger partial charge in [0.15, 0.2) is 0 Å². The first-order valence-electron chi connectivity index (χ1n) is 8.07. The van der Waals surface area contributed by atoms with Crippen molar-refractivity contribution in [3.05, 3.63) is 83.4 Å². The smallest absolute Gasteiger partial charge is 0.273 e. The third kappa shape index (κ3) is 3.50. The minimum Gasteiger partial charge on any atom is -0.318 e. The summed E-state index contributed by atoms with van der Waals surface area (Å²) in [4.78, 5) is 16.6. The van der Waals surface area contributed by atoms with Gasteiger partial charge >= 0.3 is 0 Å². The Balaban J connectivity index is 1.84. The maximum Gasteiger partial charge on any atom is 0.273 e. The van der Waals surface area contributed by atoms with E-state index in [-0.39, 0.29) is 5.91 Å². The summed E-state index contributed by atoms with van der Waals surface area (Å²) in [6.45, 7) is 5.76. The Morgan fingerprint density at radius 1 is 1.12 bits per heavy atom. The highest BCUT2D eigenvalue weighted by Gasteiger charge is 2.16. The number of hydrogen-bond donors (Lipinski definition) is 1. The predicted molar refractivity (Wildman–Crippen MR) is 99.2 cm³/mol. The van der Waals surface area contributed by atoms with Gasteiger partial charge in [-0.1, -0.05) is 24.3 Å². The number of pyridine rings is 1. The number of rotatable bonds is 4. The van der Waals surface area contributed by atoms with Crippen LogP contribution in [0.5, 0.6) is 0 Å². The topological polar surface area (TPSA) is 59.3 Å². The fourth-order valence-electron chi connectivity index (χ4n) is 2.80. The van der Waals surface area contributed by atoms with Crippen molar-refractivity contribution in [3.63, 3.8) is 0 Å². The minimum atomic E-state index is -0.224. The summed E-state index contributed by atoms with van der Waals surface area (Å²) in [7, 11) is 0. The van der Waals surface area contributed by atoms with Gasteiger partial charge in [0.25, 0.3) is 5.91 Å². The van der Waals surface area contributed by atoms with Crippen molar-refractivity contribution in [3.8, 4) is 5.69 Å². The van der Waals surface area contributed by atoms with Crippen molar-refractivity contribution in [2.45, 2.75) is 20.8 Å². The molecule has 0 bridgehead atoms. The Morgan fingerprint density at radius 2 is 1.88 bits per heavy atom. The summed E-state index contributed by atoms with van der Waals surface area (Å²) in [6.07, 6.45) is 3.42. The van der Waals surface area contributed by atoms with Crippen molar-refractivity contribution in [2.24, 2.45) is 5.10 Å². The Kier molecular flexibility index (Phi) is 4.75. The van der Waals surface area contributed by atoms with Crippen LogP contribution in [-0.4, -0.2) is 21.2 Å². The average molecular weight is 332 g/mol. The van der Waals surface area contributed by atoms with E-state index in [0.29, 0.717) is 11.3 Å². The van der Waals surface area contributed by atoms with Crippen LogP contribution in [0.1, 0.15) is 34.2 Å². The maximum absolute atomic E-state index is 12.6. The predicted octanol–water partition coefficient (Wildman–Crippen LogP) is 3.64. The van der Waals surface area contributed by atoms with Gasteiger partial charge in [0.2, 0.25) is 0 Å². The zero-order valence-electron chi connectivity index (χ0n) is 14.5. The summed E-state index contributed by atoms with van der Waals surface area (Å²) in [5.41, 5.74) is 7.75. The number of hydrazone groups is 1. The molecule has 2 heterocycles. The van der Waals surface area contributed by atoms with Crippen LogP contribution in [0.2, 0.25) is 0 Å². The normalized spacial score (nSPS) is 11.4. The van der Waals surface area contributed by atoms with Crippen molar-refractivity contribution in [2.75, 3.05) is 0 Å². The van der Waals surface area contributed by atoms with E-state index in [4.69, 9.17) is 0 Å². The van der Waals surface area contributed by atoms with Crippen LogP contribution >= 0.6 is 0 Å². The van der Waals surface area contributed by atoms with Gasteiger partial charge in [0.05, 0.1) is 11.3 Å². The van der Waals surface area contributed by atoms with Crippen molar-refractivity contribution >= 4 is 11.6 Å². The molecule has 0 aliphatic carbocycles. The van der Waals surface area contributed by atoms with E-state index in [1.54, 1.807) is 12.4 Å². The zero-order chi connectivity index (χ0) is 17.8. The van der Waals surface area contributed by atoms with Crippen LogP contribution in [0.4, 0.5) is 0 Å². The van der Waals surface area contributed by atoms with E-state index in [0.717, 1.165) is 22.6 Å².